The fourth-order valence-electron chi connectivity index (χ4n) is 3.25. The van der Waals surface area contributed by atoms with Crippen molar-refractivity contribution >= 4 is 0 Å². The summed E-state index contributed by atoms with van der Waals surface area (Å²) in [6.45, 7) is 0. The molecule has 2 bridgehead atoms. The van der Waals surface area contributed by atoms with Crippen LogP contribution in [0.25, 0.3) is 0 Å². The van der Waals surface area contributed by atoms with Crippen molar-refractivity contribution in [3.63, 3.8) is 0 Å². The second kappa shape index (κ2) is 3.59. The van der Waals surface area contributed by atoms with Gasteiger partial charge in [-0.2, -0.15) is 0 Å². The normalized spacial score (nSPS) is 33.6. The van der Waals surface area contributed by atoms with Crippen LogP contribution >= 0.6 is 0 Å². The summed E-state index contributed by atoms with van der Waals surface area (Å²) in [5.41, 5.74) is 1.61. The molecule has 4 atom stereocenters. The fourth-order valence-corrected chi connectivity index (χ4v) is 3.25. The Morgan fingerprint density at radius 2 is 1.35 bits per heavy atom. The Bertz CT molecular complexity index is 420. The molecule has 3 rings (SSSR count). The highest BCUT2D eigenvalue weighted by Gasteiger charge is 2.54. The second-order valence-corrected chi connectivity index (χ2v) is 4.63. The quantitative estimate of drug-likeness (QED) is 0.791. The molecule has 1 aromatic rings. The molecule has 1 saturated carbocycles. The molecule has 1 fully saturated rings. The Kier molecular flexibility index (Phi) is 2.28. The third kappa shape index (κ3) is 1.24. The van der Waals surface area contributed by atoms with Crippen LogP contribution in [0.15, 0.2) is 12.1 Å². The third-order valence-corrected chi connectivity index (χ3v) is 3.97. The van der Waals surface area contributed by atoms with Gasteiger partial charge in [0.1, 0.15) is 23.8 Å². The number of hydrogen-bond donors (Lipinski definition) is 0. The van der Waals surface area contributed by atoms with Crippen LogP contribution in [0.3, 0.4) is 0 Å². The first-order chi connectivity index (χ1) is 8.19. The Hall–Kier alpha value is -1.32. The molecular weight excluding hydrogens is 226 g/mol. The van der Waals surface area contributed by atoms with Crippen molar-refractivity contribution in [3.8, 4) is 11.5 Å². The molecule has 0 spiro atoms. The number of halogens is 2. The maximum Gasteiger partial charge on any atom is 0.139 e. The zero-order valence-corrected chi connectivity index (χ0v) is 9.74. The van der Waals surface area contributed by atoms with Crippen molar-refractivity contribution in [2.45, 2.75) is 30.6 Å². The Morgan fingerprint density at radius 1 is 0.941 bits per heavy atom. The van der Waals surface area contributed by atoms with E-state index in [2.05, 4.69) is 0 Å². The Labute approximate surface area is 98.5 Å². The molecule has 2 nitrogen and oxygen atoms in total. The van der Waals surface area contributed by atoms with Crippen molar-refractivity contribution in [3.05, 3.63) is 23.3 Å². The second-order valence-electron chi connectivity index (χ2n) is 4.63. The van der Waals surface area contributed by atoms with Crippen LogP contribution in [-0.2, 0) is 0 Å². The maximum absolute atomic E-state index is 13.8. The summed E-state index contributed by atoms with van der Waals surface area (Å²) in [4.78, 5) is 0. The molecule has 4 unspecified atom stereocenters. The minimum Gasteiger partial charge on any atom is -0.496 e. The van der Waals surface area contributed by atoms with Crippen LogP contribution in [-0.4, -0.2) is 26.6 Å². The average Bonchev–Trinajstić information content (AvgIpc) is 2.87. The highest BCUT2D eigenvalue weighted by molar-refractivity contribution is 5.58. The average molecular weight is 240 g/mol. The number of benzene rings is 1. The molecule has 4 heteroatoms. The number of ether oxygens (including phenoxy) is 2. The molecule has 17 heavy (non-hydrogen) atoms. The molecule has 92 valence electrons. The van der Waals surface area contributed by atoms with Crippen LogP contribution in [0.4, 0.5) is 8.78 Å². The monoisotopic (exact) mass is 240 g/mol. The van der Waals surface area contributed by atoms with Gasteiger partial charge in [0.15, 0.2) is 0 Å². The minimum absolute atomic E-state index is 0.380. The standard InChI is InChI=1S/C13H14F2O2/c1-16-8-3-4-9(17-2)11-7-5-6(10(8)11)12(14)13(7)15/h3-4,6-7,12-13H,5H2,1-2H3. The van der Waals surface area contributed by atoms with Crippen molar-refractivity contribution in [1.29, 1.82) is 0 Å². The largest absolute Gasteiger partial charge is 0.496 e. The van der Waals surface area contributed by atoms with E-state index < -0.39 is 12.3 Å². The smallest absolute Gasteiger partial charge is 0.139 e. The lowest BCUT2D eigenvalue weighted by atomic mass is 9.88. The van der Waals surface area contributed by atoms with Crippen LogP contribution in [0.1, 0.15) is 29.4 Å². The summed E-state index contributed by atoms with van der Waals surface area (Å²) in [7, 11) is 3.10. The van der Waals surface area contributed by atoms with Crippen molar-refractivity contribution in [2.75, 3.05) is 14.2 Å². The van der Waals surface area contributed by atoms with Gasteiger partial charge in [-0.05, 0) is 18.6 Å². The van der Waals surface area contributed by atoms with E-state index in [9.17, 15) is 8.78 Å². The van der Waals surface area contributed by atoms with E-state index in [0.717, 1.165) is 11.1 Å². The summed E-state index contributed by atoms with van der Waals surface area (Å²) in [6.07, 6.45) is -2.30. The topological polar surface area (TPSA) is 18.5 Å². The van der Waals surface area contributed by atoms with E-state index in [0.29, 0.717) is 17.9 Å². The first kappa shape index (κ1) is 10.8. The molecule has 1 aromatic carbocycles. The Balaban J connectivity index is 2.21. The van der Waals surface area contributed by atoms with Gasteiger partial charge >= 0.3 is 0 Å². The zero-order valence-electron chi connectivity index (χ0n) is 9.74. The molecule has 0 aromatic heterocycles. The fraction of sp³-hybridized carbons (Fsp3) is 0.538. The van der Waals surface area contributed by atoms with Gasteiger partial charge in [0.25, 0.3) is 0 Å². The van der Waals surface area contributed by atoms with Gasteiger partial charge in [-0.1, -0.05) is 0 Å². The molecule has 2 aliphatic rings. The van der Waals surface area contributed by atoms with Gasteiger partial charge < -0.3 is 9.47 Å². The van der Waals surface area contributed by atoms with Gasteiger partial charge in [0, 0.05) is 23.0 Å². The third-order valence-electron chi connectivity index (χ3n) is 3.97. The molecular formula is C13H14F2O2. The summed E-state index contributed by atoms with van der Waals surface area (Å²) >= 11 is 0. The van der Waals surface area contributed by atoms with E-state index in [1.165, 1.54) is 0 Å². The molecule has 2 aliphatic carbocycles. The number of fused-ring (bicyclic) bond motifs is 5. The van der Waals surface area contributed by atoms with E-state index in [-0.39, 0.29) is 11.8 Å². The predicted molar refractivity (Wildman–Crippen MR) is 59.4 cm³/mol. The number of methoxy groups -OCH3 is 2. The van der Waals surface area contributed by atoms with Gasteiger partial charge in [0.2, 0.25) is 0 Å². The summed E-state index contributed by atoms with van der Waals surface area (Å²) in [5, 5.41) is 0. The van der Waals surface area contributed by atoms with Crippen LogP contribution in [0.2, 0.25) is 0 Å². The maximum atomic E-state index is 13.8. The molecule has 0 N–H and O–H groups in total. The van der Waals surface area contributed by atoms with Gasteiger partial charge in [0.05, 0.1) is 14.2 Å². The van der Waals surface area contributed by atoms with Gasteiger partial charge in [-0.3, -0.25) is 0 Å². The van der Waals surface area contributed by atoms with E-state index in [1.54, 1.807) is 26.4 Å². The first-order valence-corrected chi connectivity index (χ1v) is 5.72. The molecule has 0 radical (unpaired) electrons. The molecule has 0 heterocycles. The lowest BCUT2D eigenvalue weighted by molar-refractivity contribution is 0.163. The van der Waals surface area contributed by atoms with E-state index in [1.807, 2.05) is 0 Å². The lowest BCUT2D eigenvalue weighted by Gasteiger charge is -2.25. The minimum atomic E-state index is -1.41. The van der Waals surface area contributed by atoms with Gasteiger partial charge in [-0.15, -0.1) is 0 Å². The zero-order chi connectivity index (χ0) is 12.2. The highest BCUT2D eigenvalue weighted by Crippen LogP contribution is 2.60. The van der Waals surface area contributed by atoms with Crippen molar-refractivity contribution < 1.29 is 18.3 Å². The first-order valence-electron chi connectivity index (χ1n) is 5.72. The lowest BCUT2D eigenvalue weighted by Crippen LogP contribution is -2.25. The molecule has 0 aliphatic heterocycles. The number of alkyl halides is 2. The predicted octanol–water partition coefficient (Wildman–Crippen LogP) is 2.96. The van der Waals surface area contributed by atoms with E-state index >= 15 is 0 Å². The summed E-state index contributed by atoms with van der Waals surface area (Å²) in [5.74, 6) is 0.524. The number of rotatable bonds is 2. The van der Waals surface area contributed by atoms with Crippen molar-refractivity contribution in [1.82, 2.24) is 0 Å². The van der Waals surface area contributed by atoms with Crippen molar-refractivity contribution in [2.24, 2.45) is 0 Å². The van der Waals surface area contributed by atoms with Crippen LogP contribution < -0.4 is 9.47 Å². The molecule has 0 saturated heterocycles. The Morgan fingerprint density at radius 3 is 1.71 bits per heavy atom. The van der Waals surface area contributed by atoms with Crippen LogP contribution in [0.5, 0.6) is 11.5 Å². The van der Waals surface area contributed by atoms with E-state index in [4.69, 9.17) is 9.47 Å². The molecule has 0 amide bonds. The number of hydrogen-bond acceptors (Lipinski definition) is 2. The highest BCUT2D eigenvalue weighted by atomic mass is 19.2. The van der Waals surface area contributed by atoms with Gasteiger partial charge in [-0.25, -0.2) is 8.78 Å². The van der Waals surface area contributed by atoms with Crippen LogP contribution in [0, 0.1) is 0 Å². The summed E-state index contributed by atoms with van der Waals surface area (Å²) < 4.78 is 38.0. The summed E-state index contributed by atoms with van der Waals surface area (Å²) in [6, 6.07) is 3.52. The SMILES string of the molecule is COc1ccc(OC)c2c1C1CC2C(F)C1F.